The van der Waals surface area contributed by atoms with Crippen molar-refractivity contribution in [3.63, 3.8) is 0 Å². The molecule has 1 aromatic heterocycles. The first-order valence-electron chi connectivity index (χ1n) is 8.99. The number of nitrogens with zero attached hydrogens (tertiary/aromatic N) is 2. The van der Waals surface area contributed by atoms with Gasteiger partial charge in [0.2, 0.25) is 10.0 Å². The fourth-order valence-corrected chi connectivity index (χ4v) is 5.00. The molecule has 0 unspecified atom stereocenters. The molecule has 0 radical (unpaired) electrons. The Hall–Kier alpha value is -1.25. The van der Waals surface area contributed by atoms with Crippen molar-refractivity contribution in [2.75, 3.05) is 45.5 Å². The number of hydrogen-bond donors (Lipinski definition) is 1. The van der Waals surface area contributed by atoms with E-state index in [2.05, 4.69) is 38.4 Å². The van der Waals surface area contributed by atoms with Crippen molar-refractivity contribution in [3.8, 4) is 0 Å². The van der Waals surface area contributed by atoms with Crippen LogP contribution in [0.25, 0.3) is 0 Å². The molecule has 26 heavy (non-hydrogen) atoms. The van der Waals surface area contributed by atoms with Crippen LogP contribution in [0.1, 0.15) is 17.2 Å². The summed E-state index contributed by atoms with van der Waals surface area (Å²) in [5, 5.41) is 4.18. The first-order chi connectivity index (χ1) is 12.5. The lowest BCUT2D eigenvalue weighted by molar-refractivity contribution is 0.113. The predicted molar refractivity (Wildman–Crippen MR) is 108 cm³/mol. The molecule has 0 spiro atoms. The number of rotatable bonds is 8. The van der Waals surface area contributed by atoms with E-state index < -0.39 is 10.0 Å². The minimum atomic E-state index is -3.30. The Morgan fingerprint density at radius 2 is 1.85 bits per heavy atom. The third-order valence-corrected chi connectivity index (χ3v) is 6.96. The third kappa shape index (κ3) is 5.62. The van der Waals surface area contributed by atoms with Crippen LogP contribution in [-0.2, 0) is 16.4 Å². The van der Waals surface area contributed by atoms with Crippen LogP contribution in [0, 0.1) is 0 Å². The molecule has 0 aliphatic carbocycles. The van der Waals surface area contributed by atoms with Crippen molar-refractivity contribution in [2.24, 2.45) is 0 Å². The Morgan fingerprint density at radius 1 is 1.12 bits per heavy atom. The van der Waals surface area contributed by atoms with Gasteiger partial charge >= 0.3 is 0 Å². The van der Waals surface area contributed by atoms with Gasteiger partial charge in [-0.15, -0.1) is 0 Å². The van der Waals surface area contributed by atoms with Crippen molar-refractivity contribution < 1.29 is 8.42 Å². The van der Waals surface area contributed by atoms with E-state index in [9.17, 15) is 8.42 Å². The number of sulfonamides is 1. The van der Waals surface area contributed by atoms with E-state index in [0.717, 1.165) is 31.7 Å². The molecule has 1 N–H and O–H groups in total. The Kier molecular flexibility index (Phi) is 6.83. The Bertz CT molecular complexity index is 755. The van der Waals surface area contributed by atoms with E-state index in [0.29, 0.717) is 13.0 Å². The Balaban J connectivity index is 1.60. The topological polar surface area (TPSA) is 52.6 Å². The van der Waals surface area contributed by atoms with Crippen molar-refractivity contribution in [3.05, 3.63) is 58.3 Å². The summed E-state index contributed by atoms with van der Waals surface area (Å²) in [7, 11) is -1.17. The number of hydrogen-bond acceptors (Lipinski definition) is 5. The Labute approximate surface area is 160 Å². The largest absolute Gasteiger partial charge is 0.304 e. The number of aryl methyl sites for hydroxylation is 1. The summed E-state index contributed by atoms with van der Waals surface area (Å²) in [6.45, 7) is 4.38. The predicted octanol–water partition coefficient (Wildman–Crippen LogP) is 2.20. The summed E-state index contributed by atoms with van der Waals surface area (Å²) < 4.78 is 27.8. The van der Waals surface area contributed by atoms with Crippen LogP contribution in [0.15, 0.2) is 47.2 Å². The molecule has 3 rings (SSSR count). The van der Waals surface area contributed by atoms with Crippen molar-refractivity contribution in [1.82, 2.24) is 14.5 Å². The molecular weight excluding hydrogens is 366 g/mol. The molecule has 1 fully saturated rings. The highest BCUT2D eigenvalue weighted by Gasteiger charge is 2.25. The number of benzene rings is 1. The highest BCUT2D eigenvalue weighted by atomic mass is 32.2. The van der Waals surface area contributed by atoms with Gasteiger partial charge in [0, 0.05) is 38.8 Å². The van der Waals surface area contributed by atoms with Crippen LogP contribution in [0.2, 0.25) is 0 Å². The van der Waals surface area contributed by atoms with Gasteiger partial charge in [-0.3, -0.25) is 4.90 Å². The maximum atomic E-state index is 12.5. The van der Waals surface area contributed by atoms with Crippen LogP contribution in [0.5, 0.6) is 0 Å². The molecule has 0 saturated carbocycles. The molecule has 1 aliphatic heterocycles. The van der Waals surface area contributed by atoms with E-state index in [4.69, 9.17) is 0 Å². The van der Waals surface area contributed by atoms with E-state index in [1.54, 1.807) is 11.3 Å². The number of thiophene rings is 1. The van der Waals surface area contributed by atoms with Crippen molar-refractivity contribution >= 4 is 21.4 Å². The summed E-state index contributed by atoms with van der Waals surface area (Å²) in [4.78, 5) is 4.70. The molecule has 2 aromatic rings. The molecule has 1 aromatic carbocycles. The van der Waals surface area contributed by atoms with E-state index >= 15 is 0 Å². The average molecular weight is 394 g/mol. The van der Waals surface area contributed by atoms with Crippen LogP contribution in [0.4, 0.5) is 0 Å². The molecule has 5 nitrogen and oxygen atoms in total. The summed E-state index contributed by atoms with van der Waals surface area (Å²) in [5.41, 5.74) is 2.25. The molecule has 1 atom stereocenters. The minimum absolute atomic E-state index is 0.0986. The summed E-state index contributed by atoms with van der Waals surface area (Å²) in [6.07, 6.45) is 0.536. The first kappa shape index (κ1) is 19.5. The van der Waals surface area contributed by atoms with Gasteiger partial charge in [0.1, 0.15) is 0 Å². The van der Waals surface area contributed by atoms with E-state index in [1.807, 2.05) is 30.3 Å². The van der Waals surface area contributed by atoms with Gasteiger partial charge in [0.05, 0.1) is 5.75 Å². The molecular formula is C19H27N3O2S2. The van der Waals surface area contributed by atoms with Gasteiger partial charge < -0.3 is 4.90 Å². The first-order valence-corrected chi connectivity index (χ1v) is 11.6. The van der Waals surface area contributed by atoms with E-state index in [1.165, 1.54) is 5.56 Å². The zero-order valence-electron chi connectivity index (χ0n) is 15.2. The van der Waals surface area contributed by atoms with Gasteiger partial charge in [-0.2, -0.15) is 11.3 Å². The van der Waals surface area contributed by atoms with Gasteiger partial charge in [-0.1, -0.05) is 30.3 Å². The molecule has 7 heteroatoms. The minimum Gasteiger partial charge on any atom is -0.304 e. The molecule has 0 amide bonds. The zero-order valence-corrected chi connectivity index (χ0v) is 16.8. The third-order valence-electron chi connectivity index (χ3n) is 4.91. The summed E-state index contributed by atoms with van der Waals surface area (Å²) >= 11 is 1.66. The lowest BCUT2D eigenvalue weighted by Gasteiger charge is -2.37. The monoisotopic (exact) mass is 393 g/mol. The number of piperazine rings is 1. The van der Waals surface area contributed by atoms with Crippen LogP contribution >= 0.6 is 11.3 Å². The quantitative estimate of drug-likeness (QED) is 0.747. The lowest BCUT2D eigenvalue weighted by atomic mass is 10.1. The van der Waals surface area contributed by atoms with Gasteiger partial charge in [0.25, 0.3) is 0 Å². The van der Waals surface area contributed by atoms with Crippen LogP contribution in [-0.4, -0.2) is 63.7 Å². The highest BCUT2D eigenvalue weighted by molar-refractivity contribution is 7.89. The number of nitrogens with one attached hydrogen (secondary N) is 1. The van der Waals surface area contributed by atoms with Gasteiger partial charge in [0.15, 0.2) is 0 Å². The van der Waals surface area contributed by atoms with Crippen LogP contribution < -0.4 is 4.72 Å². The van der Waals surface area contributed by atoms with E-state index in [-0.39, 0.29) is 11.8 Å². The summed E-state index contributed by atoms with van der Waals surface area (Å²) in [5.74, 6) is 0.121. The second-order valence-electron chi connectivity index (χ2n) is 6.81. The average Bonchev–Trinajstić information content (AvgIpc) is 3.17. The smallest absolute Gasteiger partial charge is 0.211 e. The van der Waals surface area contributed by atoms with Crippen molar-refractivity contribution in [2.45, 2.75) is 12.5 Å². The van der Waals surface area contributed by atoms with Gasteiger partial charge in [-0.05, 0) is 41.4 Å². The molecule has 1 saturated heterocycles. The molecule has 1 aliphatic rings. The molecule has 2 heterocycles. The fraction of sp³-hybridized carbons (Fsp3) is 0.474. The van der Waals surface area contributed by atoms with Crippen molar-refractivity contribution in [1.29, 1.82) is 0 Å². The number of likely N-dealkylation sites (N-methyl/N-ethyl adjacent to an activating group) is 1. The second kappa shape index (κ2) is 9.10. The lowest BCUT2D eigenvalue weighted by Crippen LogP contribution is -2.48. The summed E-state index contributed by atoms with van der Waals surface area (Å²) in [6, 6.07) is 12.0. The zero-order chi connectivity index (χ0) is 18.4. The standard InChI is InChI=1S/C19H27N3O2S2/c1-21-9-11-22(12-10-21)19(18-7-13-25-16-18)15-20-26(23,24)14-8-17-5-3-2-4-6-17/h2-7,13,16,19-20H,8-12,14-15H2,1H3/t19-/m0/s1. The normalized spacial score (nSPS) is 18.0. The maximum Gasteiger partial charge on any atom is 0.211 e. The molecule has 142 valence electrons. The highest BCUT2D eigenvalue weighted by Crippen LogP contribution is 2.24. The Morgan fingerprint density at radius 3 is 2.50 bits per heavy atom. The SMILES string of the molecule is CN1CCN([C@@H](CNS(=O)(=O)CCc2ccccc2)c2ccsc2)CC1. The van der Waals surface area contributed by atoms with Crippen LogP contribution in [0.3, 0.4) is 0 Å². The van der Waals surface area contributed by atoms with Gasteiger partial charge in [-0.25, -0.2) is 13.1 Å². The maximum absolute atomic E-state index is 12.5. The molecule has 0 bridgehead atoms. The second-order valence-corrected chi connectivity index (χ2v) is 9.52. The fourth-order valence-electron chi connectivity index (χ4n) is 3.23.